The molecular weight excluding hydrogens is 158 g/mol. The Morgan fingerprint density at radius 1 is 1.67 bits per heavy atom. The van der Waals surface area contributed by atoms with Gasteiger partial charge < -0.3 is 4.42 Å². The number of hydrogen-bond acceptors (Lipinski definition) is 3. The highest BCUT2D eigenvalue weighted by Crippen LogP contribution is 2.16. The van der Waals surface area contributed by atoms with Gasteiger partial charge in [0.25, 0.3) is 0 Å². The van der Waals surface area contributed by atoms with Gasteiger partial charge in [0.15, 0.2) is 0 Å². The first-order valence-corrected chi connectivity index (χ1v) is 3.11. The second-order valence-corrected chi connectivity index (χ2v) is 1.93. The minimum absolute atomic E-state index is 0.285. The van der Waals surface area contributed by atoms with Crippen LogP contribution in [-0.2, 0) is 0 Å². The lowest BCUT2D eigenvalue weighted by Gasteiger charge is -1.81. The van der Waals surface area contributed by atoms with E-state index in [1.807, 2.05) is 0 Å². The molecule has 0 unspecified atom stereocenters. The summed E-state index contributed by atoms with van der Waals surface area (Å²) in [5.41, 5.74) is 0. The molecule has 0 spiro atoms. The summed E-state index contributed by atoms with van der Waals surface area (Å²) in [5, 5.41) is 10.1. The van der Waals surface area contributed by atoms with Crippen LogP contribution in [0.5, 0.6) is 0 Å². The van der Waals surface area contributed by atoms with Crippen LogP contribution >= 0.6 is 0 Å². The number of nitro groups is 1. The third kappa shape index (κ3) is 1.73. The molecular formula is C8H5NO3. The average Bonchev–Trinajstić information content (AvgIpc) is 2.48. The molecule has 1 aromatic rings. The summed E-state index contributed by atoms with van der Waals surface area (Å²) in [6.45, 7) is 0. The van der Waals surface area contributed by atoms with Crippen LogP contribution in [0.25, 0.3) is 6.08 Å². The smallest absolute Gasteiger partial charge is 0.401 e. The van der Waals surface area contributed by atoms with Crippen molar-refractivity contribution in [3.8, 4) is 12.3 Å². The van der Waals surface area contributed by atoms with E-state index in [1.165, 1.54) is 24.3 Å². The van der Waals surface area contributed by atoms with Crippen molar-refractivity contribution in [1.82, 2.24) is 0 Å². The van der Waals surface area contributed by atoms with Crippen LogP contribution in [0, 0.1) is 22.5 Å². The van der Waals surface area contributed by atoms with E-state index < -0.39 is 4.92 Å². The third-order valence-corrected chi connectivity index (χ3v) is 1.14. The molecule has 0 saturated heterocycles. The summed E-state index contributed by atoms with van der Waals surface area (Å²) in [6.07, 6.45) is 7.82. The van der Waals surface area contributed by atoms with Gasteiger partial charge in [-0.15, -0.1) is 6.42 Å². The number of hydrogen-bond donors (Lipinski definition) is 0. The Hall–Kier alpha value is -2.02. The molecule has 4 nitrogen and oxygen atoms in total. The Morgan fingerprint density at radius 2 is 2.42 bits per heavy atom. The van der Waals surface area contributed by atoms with Gasteiger partial charge in [0.2, 0.25) is 0 Å². The predicted octanol–water partition coefficient (Wildman–Crippen LogP) is 1.83. The zero-order valence-corrected chi connectivity index (χ0v) is 6.06. The van der Waals surface area contributed by atoms with E-state index in [1.54, 1.807) is 0 Å². The molecule has 12 heavy (non-hydrogen) atoms. The molecule has 0 N–H and O–H groups in total. The SMILES string of the molecule is C#C/C=C/c1ccc([N+](=O)[O-])o1. The summed E-state index contributed by atoms with van der Waals surface area (Å²) < 4.78 is 4.77. The molecule has 0 amide bonds. The number of furan rings is 1. The molecule has 0 atom stereocenters. The molecule has 0 aromatic carbocycles. The van der Waals surface area contributed by atoms with Crippen molar-refractivity contribution >= 4 is 12.0 Å². The fourth-order valence-corrected chi connectivity index (χ4v) is 0.660. The summed E-state index contributed by atoms with van der Waals surface area (Å²) in [6, 6.07) is 2.75. The highest BCUT2D eigenvalue weighted by atomic mass is 16.6. The minimum atomic E-state index is -0.604. The molecule has 1 rings (SSSR count). The van der Waals surface area contributed by atoms with Gasteiger partial charge in [0.05, 0.1) is 6.07 Å². The van der Waals surface area contributed by atoms with E-state index in [4.69, 9.17) is 10.8 Å². The number of nitrogens with zero attached hydrogens (tertiary/aromatic N) is 1. The van der Waals surface area contributed by atoms with Crippen LogP contribution in [0.3, 0.4) is 0 Å². The van der Waals surface area contributed by atoms with Crippen molar-refractivity contribution in [1.29, 1.82) is 0 Å². The number of allylic oxidation sites excluding steroid dienone is 1. The number of terminal acetylenes is 1. The third-order valence-electron chi connectivity index (χ3n) is 1.14. The maximum Gasteiger partial charge on any atom is 0.433 e. The van der Waals surface area contributed by atoms with Gasteiger partial charge in [-0.3, -0.25) is 10.1 Å². The molecule has 0 aliphatic rings. The zero-order chi connectivity index (χ0) is 8.97. The number of rotatable bonds is 2. The van der Waals surface area contributed by atoms with Crippen LogP contribution in [-0.4, -0.2) is 4.92 Å². The van der Waals surface area contributed by atoms with E-state index in [9.17, 15) is 10.1 Å². The minimum Gasteiger partial charge on any atom is -0.401 e. The van der Waals surface area contributed by atoms with Crippen LogP contribution < -0.4 is 0 Å². The lowest BCUT2D eigenvalue weighted by molar-refractivity contribution is -0.402. The molecule has 60 valence electrons. The summed E-state index contributed by atoms with van der Waals surface area (Å²) >= 11 is 0. The van der Waals surface area contributed by atoms with E-state index in [2.05, 4.69) is 5.92 Å². The molecule has 1 heterocycles. The summed E-state index contributed by atoms with van der Waals surface area (Å²) in [5.74, 6) is 2.33. The second kappa shape index (κ2) is 3.39. The summed E-state index contributed by atoms with van der Waals surface area (Å²) in [4.78, 5) is 9.53. The first kappa shape index (κ1) is 8.08. The van der Waals surface area contributed by atoms with E-state index in [0.29, 0.717) is 5.76 Å². The molecule has 0 saturated carbocycles. The average molecular weight is 163 g/mol. The monoisotopic (exact) mass is 163 g/mol. The molecule has 1 aromatic heterocycles. The van der Waals surface area contributed by atoms with E-state index in [0.717, 1.165) is 0 Å². The van der Waals surface area contributed by atoms with Crippen molar-refractivity contribution in [3.05, 3.63) is 34.1 Å². The Bertz CT molecular complexity index is 357. The van der Waals surface area contributed by atoms with Gasteiger partial charge in [0, 0.05) is 0 Å². The van der Waals surface area contributed by atoms with Gasteiger partial charge in [-0.05, 0) is 18.2 Å². The van der Waals surface area contributed by atoms with Gasteiger partial charge in [-0.1, -0.05) is 5.92 Å². The fourth-order valence-electron chi connectivity index (χ4n) is 0.660. The van der Waals surface area contributed by atoms with Crippen molar-refractivity contribution in [3.63, 3.8) is 0 Å². The standard InChI is InChI=1S/C8H5NO3/c1-2-3-4-7-5-6-8(12-7)9(10)11/h1,3-6H/b4-3+. The quantitative estimate of drug-likeness (QED) is 0.379. The maximum absolute atomic E-state index is 10.1. The van der Waals surface area contributed by atoms with Crippen LogP contribution in [0.2, 0.25) is 0 Å². The Balaban J connectivity index is 2.86. The van der Waals surface area contributed by atoms with Crippen LogP contribution in [0.1, 0.15) is 5.76 Å². The van der Waals surface area contributed by atoms with Crippen LogP contribution in [0.4, 0.5) is 5.88 Å². The predicted molar refractivity (Wildman–Crippen MR) is 43.2 cm³/mol. The summed E-state index contributed by atoms with van der Waals surface area (Å²) in [7, 11) is 0. The highest BCUT2D eigenvalue weighted by molar-refractivity contribution is 5.48. The molecule has 4 heteroatoms. The molecule has 0 fully saturated rings. The molecule has 0 radical (unpaired) electrons. The normalized spacial score (nSPS) is 9.92. The van der Waals surface area contributed by atoms with Gasteiger partial charge in [-0.25, -0.2) is 0 Å². The maximum atomic E-state index is 10.1. The lowest BCUT2D eigenvalue weighted by Crippen LogP contribution is -1.82. The Morgan fingerprint density at radius 3 is 2.92 bits per heavy atom. The van der Waals surface area contributed by atoms with Crippen molar-refractivity contribution in [2.75, 3.05) is 0 Å². The van der Waals surface area contributed by atoms with Crippen molar-refractivity contribution < 1.29 is 9.34 Å². The zero-order valence-electron chi connectivity index (χ0n) is 6.06. The molecule has 0 bridgehead atoms. The first-order chi connectivity index (χ1) is 5.74. The van der Waals surface area contributed by atoms with Gasteiger partial charge >= 0.3 is 5.88 Å². The van der Waals surface area contributed by atoms with Crippen molar-refractivity contribution in [2.24, 2.45) is 0 Å². The Kier molecular flexibility index (Phi) is 2.29. The Labute approximate surface area is 68.6 Å². The fraction of sp³-hybridized carbons (Fsp3) is 0. The lowest BCUT2D eigenvalue weighted by atomic mass is 10.4. The molecule has 0 aliphatic heterocycles. The van der Waals surface area contributed by atoms with Gasteiger partial charge in [-0.2, -0.15) is 0 Å². The van der Waals surface area contributed by atoms with E-state index in [-0.39, 0.29) is 5.88 Å². The first-order valence-electron chi connectivity index (χ1n) is 3.11. The second-order valence-electron chi connectivity index (χ2n) is 1.93. The highest BCUT2D eigenvalue weighted by Gasteiger charge is 2.09. The topological polar surface area (TPSA) is 56.3 Å². The van der Waals surface area contributed by atoms with Crippen molar-refractivity contribution in [2.45, 2.75) is 0 Å². The van der Waals surface area contributed by atoms with Crippen LogP contribution in [0.15, 0.2) is 22.6 Å². The van der Waals surface area contributed by atoms with E-state index >= 15 is 0 Å². The van der Waals surface area contributed by atoms with Gasteiger partial charge in [0.1, 0.15) is 10.7 Å². The molecule has 0 aliphatic carbocycles. The largest absolute Gasteiger partial charge is 0.433 e.